The number of halogens is 4. The summed E-state index contributed by atoms with van der Waals surface area (Å²) in [4.78, 5) is 25.7. The van der Waals surface area contributed by atoms with Gasteiger partial charge in [-0.2, -0.15) is 13.2 Å². The highest BCUT2D eigenvalue weighted by Gasteiger charge is 2.35. The molecule has 2 amide bonds. The number of piperidine rings is 1. The van der Waals surface area contributed by atoms with Gasteiger partial charge in [0.05, 0.1) is 39.3 Å². The number of alkyl halides is 4. The average molecular weight is 637 g/mol. The van der Waals surface area contributed by atoms with Crippen LogP contribution < -0.4 is 16.0 Å². The van der Waals surface area contributed by atoms with Crippen molar-refractivity contribution in [1.29, 1.82) is 0 Å². The summed E-state index contributed by atoms with van der Waals surface area (Å²) >= 11 is 0.888. The van der Waals surface area contributed by atoms with Gasteiger partial charge in [-0.25, -0.2) is 9.18 Å². The van der Waals surface area contributed by atoms with Gasteiger partial charge in [0.1, 0.15) is 11.8 Å². The standard InChI is InChI=1S/C30H32F4N4O3S2/c1-29(2,3)41-28(40)38-16-14-22(21(31)17-38)37-23-8-5-7-20-25(23)42-24(26(20)43-30(32,33)34)9-6-15-36-19-12-10-18(11-13-19)27(39)35-4/h5,7-8,10-13,21-22,36-37H,14-17H2,1-4H3,(H,35,39)/t21-,22+/m0/s1. The van der Waals surface area contributed by atoms with E-state index in [1.54, 1.807) is 63.2 Å². The largest absolute Gasteiger partial charge is 0.446 e. The molecule has 0 radical (unpaired) electrons. The second-order valence-corrected chi connectivity index (χ2v) is 12.9. The van der Waals surface area contributed by atoms with Crippen molar-refractivity contribution in [3.8, 4) is 11.8 Å². The number of thioether (sulfide) groups is 1. The van der Waals surface area contributed by atoms with Gasteiger partial charge in [-0.05, 0) is 69.3 Å². The van der Waals surface area contributed by atoms with Gasteiger partial charge >= 0.3 is 11.6 Å². The van der Waals surface area contributed by atoms with Gasteiger partial charge in [0.15, 0.2) is 0 Å². The van der Waals surface area contributed by atoms with Crippen molar-refractivity contribution in [1.82, 2.24) is 10.2 Å². The monoisotopic (exact) mass is 636 g/mol. The molecule has 0 aliphatic carbocycles. The minimum absolute atomic E-state index is 0.00451. The van der Waals surface area contributed by atoms with Gasteiger partial charge in [0, 0.05) is 30.2 Å². The average Bonchev–Trinajstić information content (AvgIpc) is 3.27. The number of carbonyl (C=O) groups is 2. The number of likely N-dealkylation sites (tertiary alicyclic amines) is 1. The van der Waals surface area contributed by atoms with E-state index in [1.165, 1.54) is 11.9 Å². The molecule has 230 valence electrons. The number of nitrogens with one attached hydrogen (secondary N) is 3. The molecule has 1 saturated heterocycles. The van der Waals surface area contributed by atoms with Gasteiger partial charge < -0.3 is 25.6 Å². The predicted molar refractivity (Wildman–Crippen MR) is 164 cm³/mol. The van der Waals surface area contributed by atoms with Crippen molar-refractivity contribution in [3.05, 3.63) is 52.9 Å². The zero-order valence-electron chi connectivity index (χ0n) is 24.0. The number of nitrogens with zero attached hydrogens (tertiary/aromatic N) is 1. The maximum atomic E-state index is 15.2. The van der Waals surface area contributed by atoms with E-state index in [1.807, 2.05) is 0 Å². The molecule has 0 bridgehead atoms. The quantitative estimate of drug-likeness (QED) is 0.152. The maximum Gasteiger partial charge on any atom is 0.446 e. The number of ether oxygens (including phenoxy) is 1. The molecule has 2 atom stereocenters. The fourth-order valence-electron chi connectivity index (χ4n) is 4.42. The van der Waals surface area contributed by atoms with Crippen LogP contribution in [0, 0.1) is 11.8 Å². The number of anilines is 2. The second-order valence-electron chi connectivity index (χ2n) is 10.8. The Balaban J connectivity index is 1.51. The summed E-state index contributed by atoms with van der Waals surface area (Å²) in [5, 5.41) is 9.16. The van der Waals surface area contributed by atoms with Crippen LogP contribution in [0.1, 0.15) is 42.4 Å². The van der Waals surface area contributed by atoms with E-state index < -0.39 is 29.4 Å². The first kappa shape index (κ1) is 32.3. The zero-order chi connectivity index (χ0) is 31.4. The summed E-state index contributed by atoms with van der Waals surface area (Å²) in [5.74, 6) is 5.54. The van der Waals surface area contributed by atoms with Gasteiger partial charge in [-0.15, -0.1) is 11.3 Å². The highest BCUT2D eigenvalue weighted by atomic mass is 32.2. The maximum absolute atomic E-state index is 15.2. The lowest BCUT2D eigenvalue weighted by atomic mass is 10.0. The summed E-state index contributed by atoms with van der Waals surface area (Å²) in [6, 6.07) is 11.0. The Bertz CT molecular complexity index is 1520. The number of rotatable bonds is 6. The fourth-order valence-corrected chi connectivity index (χ4v) is 6.44. The third kappa shape index (κ3) is 8.70. The first-order valence-corrected chi connectivity index (χ1v) is 15.1. The summed E-state index contributed by atoms with van der Waals surface area (Å²) in [6.07, 6.45) is -1.69. The minimum atomic E-state index is -4.53. The molecule has 7 nitrogen and oxygen atoms in total. The van der Waals surface area contributed by atoms with E-state index >= 15 is 4.39 Å². The molecule has 0 unspecified atom stereocenters. The molecule has 3 N–H and O–H groups in total. The van der Waals surface area contributed by atoms with Crippen LogP contribution in [-0.2, 0) is 4.74 Å². The summed E-state index contributed by atoms with van der Waals surface area (Å²) in [5.41, 5.74) is -3.53. The number of benzene rings is 2. The Morgan fingerprint density at radius 3 is 2.49 bits per heavy atom. The summed E-state index contributed by atoms with van der Waals surface area (Å²) in [6.45, 7) is 5.50. The lowest BCUT2D eigenvalue weighted by Gasteiger charge is -2.36. The normalized spacial score (nSPS) is 17.2. The van der Waals surface area contributed by atoms with Crippen LogP contribution in [0.15, 0.2) is 47.4 Å². The number of carbonyl (C=O) groups excluding carboxylic acids is 2. The van der Waals surface area contributed by atoms with E-state index in [-0.39, 0.29) is 47.1 Å². The number of hydrogen-bond donors (Lipinski definition) is 3. The van der Waals surface area contributed by atoms with Gasteiger partial charge in [-0.1, -0.05) is 24.0 Å². The SMILES string of the molecule is CNC(=O)c1ccc(NCC#Cc2sc3c(N[C@@H]4CCN(C(=O)OC(C)(C)C)C[C@@H]4F)cccc3c2SC(F)(F)F)cc1. The van der Waals surface area contributed by atoms with E-state index in [9.17, 15) is 22.8 Å². The molecule has 4 rings (SSSR count). The molecular formula is C30H32F4N4O3S2. The van der Waals surface area contributed by atoms with Crippen molar-refractivity contribution in [2.45, 2.75) is 55.4 Å². The van der Waals surface area contributed by atoms with E-state index in [2.05, 4.69) is 27.8 Å². The Morgan fingerprint density at radius 1 is 1.14 bits per heavy atom. The Hall–Kier alpha value is -3.63. The van der Waals surface area contributed by atoms with Crippen LogP contribution in [0.5, 0.6) is 0 Å². The van der Waals surface area contributed by atoms with Crippen LogP contribution in [0.2, 0.25) is 0 Å². The zero-order valence-corrected chi connectivity index (χ0v) is 25.7. The van der Waals surface area contributed by atoms with Gasteiger partial charge in [-0.3, -0.25) is 4.79 Å². The van der Waals surface area contributed by atoms with Crippen molar-refractivity contribution in [3.63, 3.8) is 0 Å². The molecule has 0 saturated carbocycles. The van der Waals surface area contributed by atoms with E-state index in [4.69, 9.17) is 4.74 Å². The first-order chi connectivity index (χ1) is 20.2. The molecule has 3 aromatic rings. The van der Waals surface area contributed by atoms with Crippen LogP contribution in [0.4, 0.5) is 33.7 Å². The molecule has 43 heavy (non-hydrogen) atoms. The highest BCUT2D eigenvalue weighted by molar-refractivity contribution is 8.00. The number of fused-ring (bicyclic) bond motifs is 1. The van der Waals surface area contributed by atoms with Crippen LogP contribution in [0.3, 0.4) is 0 Å². The van der Waals surface area contributed by atoms with Gasteiger partial charge in [0.2, 0.25) is 0 Å². The lowest BCUT2D eigenvalue weighted by Crippen LogP contribution is -2.51. The number of thiophene rings is 1. The van der Waals surface area contributed by atoms with Gasteiger partial charge in [0.25, 0.3) is 5.91 Å². The lowest BCUT2D eigenvalue weighted by molar-refractivity contribution is -0.0327. The van der Waals surface area contributed by atoms with Crippen LogP contribution in [-0.4, -0.2) is 66.9 Å². The second kappa shape index (κ2) is 13.3. The summed E-state index contributed by atoms with van der Waals surface area (Å²) < 4.78 is 61.7. The fraction of sp³-hybridized carbons (Fsp3) is 0.400. The van der Waals surface area contributed by atoms with Crippen molar-refractivity contribution in [2.75, 3.05) is 37.3 Å². The smallest absolute Gasteiger partial charge is 0.444 e. The Labute approximate surface area is 255 Å². The molecule has 1 fully saturated rings. The number of hydrogen-bond acceptors (Lipinski definition) is 7. The molecule has 1 aromatic heterocycles. The summed E-state index contributed by atoms with van der Waals surface area (Å²) in [7, 11) is 1.54. The predicted octanol–water partition coefficient (Wildman–Crippen LogP) is 7.10. The molecule has 2 heterocycles. The Kier molecular flexibility index (Phi) is 10.0. The number of amides is 2. The third-order valence-electron chi connectivity index (χ3n) is 6.38. The Morgan fingerprint density at radius 2 is 1.86 bits per heavy atom. The molecular weight excluding hydrogens is 604 g/mol. The topological polar surface area (TPSA) is 82.7 Å². The van der Waals surface area contributed by atoms with E-state index in [0.717, 1.165) is 11.3 Å². The van der Waals surface area contributed by atoms with E-state index in [0.29, 0.717) is 33.4 Å². The molecule has 13 heteroatoms. The van der Waals surface area contributed by atoms with Crippen LogP contribution >= 0.6 is 23.1 Å². The molecule has 1 aliphatic rings. The molecule has 2 aromatic carbocycles. The highest BCUT2D eigenvalue weighted by Crippen LogP contribution is 2.47. The minimum Gasteiger partial charge on any atom is -0.444 e. The molecule has 1 aliphatic heterocycles. The van der Waals surface area contributed by atoms with Crippen molar-refractivity contribution in [2.24, 2.45) is 0 Å². The van der Waals surface area contributed by atoms with Crippen molar-refractivity contribution >= 4 is 56.6 Å². The van der Waals surface area contributed by atoms with Crippen molar-refractivity contribution < 1.29 is 31.9 Å². The third-order valence-corrected chi connectivity index (χ3v) is 8.52. The molecule has 0 spiro atoms. The first-order valence-electron chi connectivity index (χ1n) is 13.5. The van der Waals surface area contributed by atoms with Crippen LogP contribution in [0.25, 0.3) is 10.1 Å².